The molecule has 0 aliphatic rings. The van der Waals surface area contributed by atoms with Gasteiger partial charge in [-0.3, -0.25) is 0 Å². The molecule has 0 rings (SSSR count). The minimum Gasteiger partial charge on any atom is -0.478 e. The fourth-order valence-electron chi connectivity index (χ4n) is 3.06. The predicted octanol–water partition coefficient (Wildman–Crippen LogP) is 8.07. The maximum Gasteiger partial charge on any atom is 0.426 e. The van der Waals surface area contributed by atoms with Gasteiger partial charge in [-0.25, -0.2) is 9.59 Å². The number of carboxylic acids is 1. The molecule has 5 nitrogen and oxygen atoms in total. The van der Waals surface area contributed by atoms with Crippen LogP contribution in [-0.4, -0.2) is 46.7 Å². The quantitative estimate of drug-likeness (QED) is 0.0670. The molecule has 0 unspecified atom stereocenters. The Labute approximate surface area is 216 Å². The molecule has 37 heavy (non-hydrogen) atoms. The number of aliphatic hydroxyl groups is 1. The van der Waals surface area contributed by atoms with Crippen molar-refractivity contribution in [2.45, 2.75) is 123 Å². The molecule has 2 N–H and O–H groups in total. The van der Waals surface area contributed by atoms with Crippen molar-refractivity contribution < 1.29 is 50.9 Å². The average molecular weight is 549 g/mol. The highest BCUT2D eigenvalue weighted by Crippen LogP contribution is 2.45. The summed E-state index contributed by atoms with van der Waals surface area (Å²) in [5.41, 5.74) is -3.96. The molecule has 218 valence electrons. The molecule has 0 atom stereocenters. The lowest BCUT2D eigenvalue weighted by molar-refractivity contribution is -0.369. The van der Waals surface area contributed by atoms with Crippen molar-refractivity contribution in [2.24, 2.45) is 0 Å². The standard InChI is InChI=1S/C20H34O4.C6H8F6O/c1-4-5-6-7-8-9-10-11-12-13-16-24-20(23)18(3)15-14-17(2)19(21)22;1-2-3-4(13,5(7,8)9)6(10,11)12/h14-15H,4-13,16H2,1-3H3,(H,21,22);13H,2-3H2,1H3/b17-14+,18-15+;. The molecule has 0 aromatic heterocycles. The minimum atomic E-state index is -5.68. The molecule has 11 heteroatoms. The number of carbonyl (C=O) groups is 2. The van der Waals surface area contributed by atoms with Crippen LogP contribution in [0, 0.1) is 0 Å². The van der Waals surface area contributed by atoms with Gasteiger partial charge in [-0.1, -0.05) is 90.2 Å². The van der Waals surface area contributed by atoms with Crippen molar-refractivity contribution in [3.8, 4) is 0 Å². The summed E-state index contributed by atoms with van der Waals surface area (Å²) in [7, 11) is 0. The number of allylic oxidation sites excluding steroid dienone is 2. The van der Waals surface area contributed by atoms with Gasteiger partial charge in [-0.15, -0.1) is 0 Å². The summed E-state index contributed by atoms with van der Waals surface area (Å²) in [4.78, 5) is 22.4. The Kier molecular flexibility index (Phi) is 19.1. The fourth-order valence-corrected chi connectivity index (χ4v) is 3.06. The molecular formula is C26H42F6O5. The van der Waals surface area contributed by atoms with Crippen molar-refractivity contribution in [1.82, 2.24) is 0 Å². The summed E-state index contributed by atoms with van der Waals surface area (Å²) in [6.45, 7) is 6.91. The highest BCUT2D eigenvalue weighted by Gasteiger charge is 2.69. The van der Waals surface area contributed by atoms with Crippen LogP contribution in [0.15, 0.2) is 23.3 Å². The number of hydrogen-bond donors (Lipinski definition) is 2. The number of halogens is 6. The Balaban J connectivity index is 0. The van der Waals surface area contributed by atoms with Gasteiger partial charge in [0.1, 0.15) is 0 Å². The van der Waals surface area contributed by atoms with E-state index >= 15 is 0 Å². The van der Waals surface area contributed by atoms with E-state index in [1.54, 1.807) is 6.92 Å². The average Bonchev–Trinajstić information content (AvgIpc) is 2.79. The lowest BCUT2D eigenvalue weighted by Crippen LogP contribution is -2.56. The summed E-state index contributed by atoms with van der Waals surface area (Å²) in [6.07, 6.45) is 2.20. The van der Waals surface area contributed by atoms with Gasteiger partial charge in [0.2, 0.25) is 0 Å². The predicted molar refractivity (Wildman–Crippen MR) is 130 cm³/mol. The fraction of sp³-hybridized carbons (Fsp3) is 0.769. The summed E-state index contributed by atoms with van der Waals surface area (Å²) in [5, 5.41) is 17.2. The van der Waals surface area contributed by atoms with Crippen molar-refractivity contribution >= 4 is 11.9 Å². The summed E-state index contributed by atoms with van der Waals surface area (Å²) in [6, 6.07) is 0. The number of hydrogen-bond acceptors (Lipinski definition) is 4. The third-order valence-corrected chi connectivity index (χ3v) is 5.52. The number of carbonyl (C=O) groups excluding carboxylic acids is 1. The first-order valence-corrected chi connectivity index (χ1v) is 12.7. The van der Waals surface area contributed by atoms with Crippen molar-refractivity contribution in [1.29, 1.82) is 0 Å². The van der Waals surface area contributed by atoms with Crippen LogP contribution in [0.4, 0.5) is 26.3 Å². The summed E-state index contributed by atoms with van der Waals surface area (Å²) >= 11 is 0. The van der Waals surface area contributed by atoms with E-state index in [-0.39, 0.29) is 11.5 Å². The first-order chi connectivity index (χ1) is 17.0. The Bertz CT molecular complexity index is 697. The van der Waals surface area contributed by atoms with Gasteiger partial charge in [0.25, 0.3) is 5.60 Å². The molecule has 0 aromatic rings. The zero-order chi connectivity index (χ0) is 29.1. The maximum absolute atomic E-state index is 11.8. The molecule has 0 bridgehead atoms. The van der Waals surface area contributed by atoms with E-state index in [9.17, 15) is 35.9 Å². The number of unbranched alkanes of at least 4 members (excludes halogenated alkanes) is 9. The minimum absolute atomic E-state index is 0.192. The van der Waals surface area contributed by atoms with Crippen LogP contribution >= 0.6 is 0 Å². The highest BCUT2D eigenvalue weighted by molar-refractivity contribution is 5.89. The second-order valence-corrected chi connectivity index (χ2v) is 8.93. The normalized spacial score (nSPS) is 13.2. The van der Waals surface area contributed by atoms with E-state index in [1.165, 1.54) is 70.4 Å². The van der Waals surface area contributed by atoms with E-state index in [2.05, 4.69) is 6.92 Å². The molecule has 0 heterocycles. The van der Waals surface area contributed by atoms with Gasteiger partial charge in [-0.2, -0.15) is 26.3 Å². The number of rotatable bonds is 16. The highest BCUT2D eigenvalue weighted by atomic mass is 19.4. The van der Waals surface area contributed by atoms with Crippen molar-refractivity contribution in [2.75, 3.05) is 6.61 Å². The van der Waals surface area contributed by atoms with Crippen LogP contribution in [0.5, 0.6) is 0 Å². The molecule has 0 saturated heterocycles. The molecule has 0 saturated carbocycles. The van der Waals surface area contributed by atoms with Crippen molar-refractivity contribution in [3.63, 3.8) is 0 Å². The Morgan fingerprint density at radius 3 is 1.46 bits per heavy atom. The number of carboxylic acid groups (broad SMARTS) is 1. The van der Waals surface area contributed by atoms with Gasteiger partial charge in [0, 0.05) is 11.1 Å². The van der Waals surface area contributed by atoms with E-state index in [0.29, 0.717) is 12.2 Å². The molecule has 0 aliphatic carbocycles. The van der Waals surface area contributed by atoms with Crippen LogP contribution in [-0.2, 0) is 14.3 Å². The van der Waals surface area contributed by atoms with Gasteiger partial charge in [0.15, 0.2) is 0 Å². The van der Waals surface area contributed by atoms with Crippen LogP contribution in [0.1, 0.15) is 105 Å². The molecule has 0 aliphatic heterocycles. The monoisotopic (exact) mass is 548 g/mol. The summed E-state index contributed by atoms with van der Waals surface area (Å²) in [5.74, 6) is -1.36. The topological polar surface area (TPSA) is 83.8 Å². The van der Waals surface area contributed by atoms with Gasteiger partial charge < -0.3 is 14.9 Å². The molecular weight excluding hydrogens is 506 g/mol. The number of aliphatic carboxylic acids is 1. The van der Waals surface area contributed by atoms with E-state index < -0.39 is 36.8 Å². The lowest BCUT2D eigenvalue weighted by atomic mass is 9.97. The van der Waals surface area contributed by atoms with Gasteiger partial charge >= 0.3 is 24.3 Å². The largest absolute Gasteiger partial charge is 0.478 e. The van der Waals surface area contributed by atoms with E-state index in [4.69, 9.17) is 14.9 Å². The Morgan fingerprint density at radius 2 is 1.11 bits per heavy atom. The SMILES string of the molecule is CCCC(O)(C(F)(F)F)C(F)(F)F.CCCCCCCCCCCCOC(=O)/C(C)=C/C=C(\C)C(=O)O. The van der Waals surface area contributed by atoms with Crippen molar-refractivity contribution in [3.05, 3.63) is 23.3 Å². The van der Waals surface area contributed by atoms with Crippen LogP contribution in [0.2, 0.25) is 0 Å². The number of esters is 1. The summed E-state index contributed by atoms with van der Waals surface area (Å²) < 4.78 is 76.1. The van der Waals surface area contributed by atoms with E-state index in [0.717, 1.165) is 19.8 Å². The Hall–Kier alpha value is -2.04. The first kappa shape index (κ1) is 37.1. The second kappa shape index (κ2) is 19.1. The third kappa shape index (κ3) is 16.4. The lowest BCUT2D eigenvalue weighted by Gasteiger charge is -2.31. The van der Waals surface area contributed by atoms with Gasteiger partial charge in [0.05, 0.1) is 6.61 Å². The zero-order valence-electron chi connectivity index (χ0n) is 22.2. The molecule has 0 spiro atoms. The first-order valence-electron chi connectivity index (χ1n) is 12.7. The van der Waals surface area contributed by atoms with Gasteiger partial charge in [-0.05, 0) is 26.7 Å². The van der Waals surface area contributed by atoms with Crippen LogP contribution in [0.3, 0.4) is 0 Å². The number of ether oxygens (including phenoxy) is 1. The second-order valence-electron chi connectivity index (χ2n) is 8.93. The number of alkyl halides is 6. The van der Waals surface area contributed by atoms with Crippen LogP contribution in [0.25, 0.3) is 0 Å². The molecule has 0 aromatic carbocycles. The third-order valence-electron chi connectivity index (χ3n) is 5.52. The van der Waals surface area contributed by atoms with E-state index in [1.807, 2.05) is 0 Å². The zero-order valence-corrected chi connectivity index (χ0v) is 22.2. The smallest absolute Gasteiger partial charge is 0.426 e. The molecule has 0 radical (unpaired) electrons. The van der Waals surface area contributed by atoms with Crippen LogP contribution < -0.4 is 0 Å². The maximum atomic E-state index is 11.8. The Morgan fingerprint density at radius 1 is 0.703 bits per heavy atom. The molecule has 0 amide bonds. The molecule has 0 fully saturated rings.